The van der Waals surface area contributed by atoms with Gasteiger partial charge < -0.3 is 50.4 Å². The largest absolute Gasteiger partial charge is 0.489 e. The van der Waals surface area contributed by atoms with E-state index in [1.54, 1.807) is 0 Å². The zero-order valence-corrected chi connectivity index (χ0v) is 62.9. The van der Waals surface area contributed by atoms with E-state index >= 15 is 0 Å². The number of carbonyl (C=O) groups is 6. The number of hydrogen-bond donors (Lipinski definition) is 6. The van der Waals surface area contributed by atoms with Gasteiger partial charge >= 0.3 is 11.9 Å². The van der Waals surface area contributed by atoms with Gasteiger partial charge in [-0.2, -0.15) is 0 Å². The van der Waals surface area contributed by atoms with Crippen LogP contribution in [0.15, 0.2) is 218 Å². The summed E-state index contributed by atoms with van der Waals surface area (Å²) < 4.78 is 24.6. The highest BCUT2D eigenvalue weighted by atomic mass is 16.5. The molecule has 0 saturated carbocycles. The van der Waals surface area contributed by atoms with Crippen molar-refractivity contribution in [2.24, 2.45) is 0 Å². The van der Waals surface area contributed by atoms with Crippen LogP contribution in [0.25, 0.3) is 0 Å². The Balaban J connectivity index is 0.816. The van der Waals surface area contributed by atoms with Gasteiger partial charge in [0, 0.05) is 78.0 Å². The molecule has 8 aromatic carbocycles. The van der Waals surface area contributed by atoms with E-state index in [9.17, 15) is 28.8 Å². The van der Waals surface area contributed by atoms with Crippen molar-refractivity contribution >= 4 is 35.6 Å². The topological polar surface area (TPSA) is 234 Å². The number of nitrogens with one attached hydrogen (secondary N) is 4. The minimum absolute atomic E-state index is 0.0328. The number of carbonyl (C=O) groups excluding carboxylic acids is 4. The fourth-order valence-electron chi connectivity index (χ4n) is 12.9. The lowest BCUT2D eigenvalue weighted by Gasteiger charge is -2.31. The van der Waals surface area contributed by atoms with Gasteiger partial charge in [-0.25, -0.2) is 0 Å². The Morgan fingerprint density at radius 1 is 0.269 bits per heavy atom. The first-order valence-electron chi connectivity index (χ1n) is 38.9. The van der Waals surface area contributed by atoms with Crippen LogP contribution in [0.1, 0.15) is 186 Å². The summed E-state index contributed by atoms with van der Waals surface area (Å²) in [7, 11) is 0. The van der Waals surface area contributed by atoms with E-state index in [0.29, 0.717) is 117 Å². The quantitative estimate of drug-likeness (QED) is 0.0195. The molecule has 0 aliphatic heterocycles. The van der Waals surface area contributed by atoms with Gasteiger partial charge in [0.25, 0.3) is 0 Å². The molecule has 8 rings (SSSR count). The Bertz CT molecular complexity index is 3410. The van der Waals surface area contributed by atoms with Gasteiger partial charge in [0.05, 0.1) is 12.1 Å². The highest BCUT2D eigenvalue weighted by molar-refractivity contribution is 5.82. The number of aliphatic carboxylic acids is 2. The highest BCUT2D eigenvalue weighted by Crippen LogP contribution is 2.26. The Kier molecular flexibility index (Phi) is 38.2. The van der Waals surface area contributed by atoms with Gasteiger partial charge in [-0.3, -0.25) is 38.6 Å². The van der Waals surface area contributed by atoms with Crippen molar-refractivity contribution in [2.45, 2.75) is 206 Å². The van der Waals surface area contributed by atoms with E-state index < -0.39 is 24.0 Å². The van der Waals surface area contributed by atoms with Gasteiger partial charge in [-0.05, 0) is 157 Å². The monoisotopic (exact) mass is 1470 g/mol. The number of carboxylic acid groups (broad SMARTS) is 2. The van der Waals surface area contributed by atoms with Gasteiger partial charge in [-0.15, -0.1) is 0 Å². The van der Waals surface area contributed by atoms with Gasteiger partial charge in [0.2, 0.25) is 23.6 Å². The lowest BCUT2D eigenvalue weighted by molar-refractivity contribution is -0.138. The number of hydrogen-bond acceptors (Lipinski definition) is 12. The fraction of sp³-hybridized carbons (Fsp3) is 0.400. The van der Waals surface area contributed by atoms with Crippen LogP contribution < -0.4 is 40.2 Å². The summed E-state index contributed by atoms with van der Waals surface area (Å²) in [5, 5.41) is 30.7. The molecule has 0 aromatic heterocycles. The van der Waals surface area contributed by atoms with Gasteiger partial charge in [-0.1, -0.05) is 221 Å². The van der Waals surface area contributed by atoms with Crippen molar-refractivity contribution in [3.63, 3.8) is 0 Å². The molecule has 0 heterocycles. The molecule has 0 aliphatic rings. The first-order valence-corrected chi connectivity index (χ1v) is 38.9. The van der Waals surface area contributed by atoms with E-state index in [0.717, 1.165) is 132 Å². The lowest BCUT2D eigenvalue weighted by atomic mass is 10.0. The number of ether oxygens (including phenoxy) is 4. The van der Waals surface area contributed by atoms with Crippen LogP contribution in [0.5, 0.6) is 23.0 Å². The van der Waals surface area contributed by atoms with Crippen molar-refractivity contribution in [1.29, 1.82) is 0 Å². The smallest absolute Gasteiger partial charge is 0.303 e. The summed E-state index contributed by atoms with van der Waals surface area (Å²) in [6.07, 6.45) is 14.9. The van der Waals surface area contributed by atoms with Crippen LogP contribution in [-0.2, 0) is 81.4 Å². The molecule has 4 amide bonds. The number of amides is 4. The molecule has 0 unspecified atom stereocenters. The summed E-state index contributed by atoms with van der Waals surface area (Å²) in [5.74, 6) is 0.764. The second-order valence-electron chi connectivity index (χ2n) is 27.8. The molecule has 18 heteroatoms. The zero-order valence-electron chi connectivity index (χ0n) is 62.9. The Labute approximate surface area is 639 Å². The maximum absolute atomic E-state index is 14.6. The van der Waals surface area contributed by atoms with Crippen LogP contribution in [0, 0.1) is 0 Å². The van der Waals surface area contributed by atoms with Crippen LogP contribution >= 0.6 is 0 Å². The van der Waals surface area contributed by atoms with Crippen LogP contribution in [0.4, 0.5) is 0 Å². The highest BCUT2D eigenvalue weighted by Gasteiger charge is 2.28. The van der Waals surface area contributed by atoms with E-state index in [1.165, 1.54) is 0 Å². The minimum Gasteiger partial charge on any atom is -0.489 e. The molecule has 8 aromatic rings. The molecular weight excluding hydrogens is 1360 g/mol. The Morgan fingerprint density at radius 3 is 0.769 bits per heavy atom. The normalized spacial score (nSPS) is 11.7. The number of rotatable bonds is 55. The summed E-state index contributed by atoms with van der Waals surface area (Å²) in [5.41, 5.74) is 8.46. The molecule has 108 heavy (non-hydrogen) atoms. The number of unbranched alkanes of at least 4 members (excludes halogenated alkanes) is 11. The van der Waals surface area contributed by atoms with Crippen molar-refractivity contribution in [3.8, 4) is 23.0 Å². The number of benzene rings is 8. The first kappa shape index (κ1) is 83.3. The van der Waals surface area contributed by atoms with Crippen LogP contribution in [-0.4, -0.2) is 93.8 Å². The third-order valence-electron chi connectivity index (χ3n) is 19.0. The molecular formula is C90H112N6O12. The summed E-state index contributed by atoms with van der Waals surface area (Å²) in [4.78, 5) is 81.0. The predicted molar refractivity (Wildman–Crippen MR) is 424 cm³/mol. The lowest BCUT2D eigenvalue weighted by Crippen LogP contribution is -2.46. The molecule has 0 bridgehead atoms. The summed E-state index contributed by atoms with van der Waals surface area (Å²) in [6.45, 7) is 5.80. The molecule has 18 nitrogen and oxygen atoms in total. The van der Waals surface area contributed by atoms with Crippen molar-refractivity contribution in [3.05, 3.63) is 263 Å². The maximum Gasteiger partial charge on any atom is 0.303 e. The first-order chi connectivity index (χ1) is 52.9. The Hall–Kier alpha value is -10.3. The van der Waals surface area contributed by atoms with E-state index in [4.69, 9.17) is 29.2 Å². The van der Waals surface area contributed by atoms with E-state index in [2.05, 4.69) is 79.6 Å². The molecule has 6 N–H and O–H groups in total. The van der Waals surface area contributed by atoms with Crippen LogP contribution in [0.3, 0.4) is 0 Å². The minimum atomic E-state index is -0.923. The van der Waals surface area contributed by atoms with Crippen molar-refractivity contribution in [2.75, 3.05) is 26.2 Å². The average Bonchev–Trinajstić information content (AvgIpc) is 0.848. The third kappa shape index (κ3) is 34.1. The molecule has 0 fully saturated rings. The molecule has 0 spiro atoms. The summed E-state index contributed by atoms with van der Waals surface area (Å²) in [6, 6.07) is 71.6. The third-order valence-corrected chi connectivity index (χ3v) is 19.0. The van der Waals surface area contributed by atoms with Gasteiger partial charge in [0.15, 0.2) is 0 Å². The summed E-state index contributed by atoms with van der Waals surface area (Å²) >= 11 is 0. The standard InChI is InChI=1S/C90H112N6O12/c97-85(39-27-41-87(99)100)91-59-25-21-37-83(95(63-71-43-51-79(52-44-71)105-67-75-29-13-9-14-30-75)64-72-45-53-80(54-46-72)106-68-76-31-15-10-16-32-76)89(103)93-61-23-7-5-3-1-2-4-6-8-24-62-94-90(104)84(38-22-26-60-92-86(98)40-28-42-88(101)102)96(65-73-47-55-81(56-48-73)107-69-77-33-17-11-18-34-77)66-74-49-57-82(58-50-74)108-70-78-35-19-12-20-36-78/h9-20,29-36,43-58,83-84H,1-8,21-28,37-42,59-70H2,(H,91,97)(H,92,98)(H,93,103)(H,94,104)(H,99,100)(H,101,102)/t83-,84+. The van der Waals surface area contributed by atoms with E-state index in [1.807, 2.05) is 170 Å². The molecule has 0 radical (unpaired) electrons. The second-order valence-corrected chi connectivity index (χ2v) is 27.8. The second kappa shape index (κ2) is 49.5. The van der Waals surface area contributed by atoms with Crippen molar-refractivity contribution in [1.82, 2.24) is 31.1 Å². The number of nitrogens with zero attached hydrogens (tertiary/aromatic N) is 2. The Morgan fingerprint density at radius 2 is 0.509 bits per heavy atom. The fourth-order valence-corrected chi connectivity index (χ4v) is 12.9. The molecule has 2 atom stereocenters. The SMILES string of the molecule is O=C(O)CCCC(=O)NCCCC[C@H](C(=O)NCCCCCCCCCCCCNC(=O)[C@H](CCCCNC(=O)CCCC(=O)O)N(Cc1ccc(OCc2ccccc2)cc1)Cc1ccc(OCc2ccccc2)cc1)N(Cc1ccc(OCc2ccccc2)cc1)Cc1ccc(OCc2ccccc2)cc1. The number of carboxylic acids is 2. The van der Waals surface area contributed by atoms with Gasteiger partial charge in [0.1, 0.15) is 49.4 Å². The van der Waals surface area contributed by atoms with Crippen molar-refractivity contribution < 1.29 is 57.9 Å². The maximum atomic E-state index is 14.6. The van der Waals surface area contributed by atoms with E-state index in [-0.39, 0.29) is 62.2 Å². The zero-order chi connectivity index (χ0) is 75.9. The van der Waals surface area contributed by atoms with Crippen LogP contribution in [0.2, 0.25) is 0 Å². The molecule has 0 aliphatic carbocycles. The molecule has 574 valence electrons. The predicted octanol–water partition coefficient (Wildman–Crippen LogP) is 16.7. The molecule has 0 saturated heterocycles. The average molecular weight is 1470 g/mol.